The predicted molar refractivity (Wildman–Crippen MR) is 49.3 cm³/mol. The zero-order valence-corrected chi connectivity index (χ0v) is 7.97. The van der Waals surface area contributed by atoms with E-state index in [0.29, 0.717) is 5.92 Å². The predicted octanol–water partition coefficient (Wildman–Crippen LogP) is 1.76. The van der Waals surface area contributed by atoms with Gasteiger partial charge in [-0.3, -0.25) is 0 Å². The summed E-state index contributed by atoms with van der Waals surface area (Å²) < 4.78 is 0. The van der Waals surface area contributed by atoms with E-state index in [1.165, 1.54) is 16.3 Å². The molecule has 0 amide bonds. The first-order valence-corrected chi connectivity index (χ1v) is 5.17. The summed E-state index contributed by atoms with van der Waals surface area (Å²) in [6.45, 7) is 2.07. The molecule has 1 aromatic rings. The van der Waals surface area contributed by atoms with E-state index in [4.69, 9.17) is 0 Å². The Morgan fingerprint density at radius 1 is 1.67 bits per heavy atom. The minimum absolute atomic E-state index is 0.0609. The molecule has 0 aliphatic heterocycles. The number of hydrogen-bond donors (Lipinski definition) is 1. The smallest absolute Gasteiger partial charge is 0.0931 e. The average Bonchev–Trinajstić information content (AvgIpc) is 2.44. The van der Waals surface area contributed by atoms with Gasteiger partial charge in [0.1, 0.15) is 0 Å². The molecule has 1 aliphatic carbocycles. The number of nitrogens with zero attached hydrogens (tertiary/aromatic N) is 1. The Labute approximate surface area is 76.3 Å². The van der Waals surface area contributed by atoms with Gasteiger partial charge in [0.25, 0.3) is 0 Å². The second-order valence-electron chi connectivity index (χ2n) is 3.47. The molecule has 1 fully saturated rings. The quantitative estimate of drug-likeness (QED) is 0.758. The number of aromatic nitrogens is 1. The molecule has 0 bridgehead atoms. The molecule has 0 radical (unpaired) electrons. The Kier molecular flexibility index (Phi) is 2.15. The molecule has 2 unspecified atom stereocenters. The zero-order valence-electron chi connectivity index (χ0n) is 7.16. The van der Waals surface area contributed by atoms with Gasteiger partial charge in [-0.1, -0.05) is 0 Å². The van der Waals surface area contributed by atoms with Gasteiger partial charge in [0.2, 0.25) is 0 Å². The van der Waals surface area contributed by atoms with Crippen LogP contribution in [0.2, 0.25) is 0 Å². The molecule has 2 rings (SSSR count). The number of rotatable bonds is 2. The van der Waals surface area contributed by atoms with Crippen molar-refractivity contribution in [2.45, 2.75) is 32.3 Å². The van der Waals surface area contributed by atoms with Crippen LogP contribution in [0.25, 0.3) is 0 Å². The lowest BCUT2D eigenvalue weighted by Gasteiger charge is -2.31. The van der Waals surface area contributed by atoms with Gasteiger partial charge in [0.05, 0.1) is 11.1 Å². The number of aryl methyl sites for hydroxylation is 1. The highest BCUT2D eigenvalue weighted by Gasteiger charge is 2.29. The van der Waals surface area contributed by atoms with Crippen molar-refractivity contribution >= 4 is 11.3 Å². The van der Waals surface area contributed by atoms with E-state index in [2.05, 4.69) is 11.9 Å². The molecular weight excluding hydrogens is 170 g/mol. The molecular formula is C9H13NOS. The van der Waals surface area contributed by atoms with Crippen LogP contribution in [0.5, 0.6) is 0 Å². The molecule has 12 heavy (non-hydrogen) atoms. The summed E-state index contributed by atoms with van der Waals surface area (Å²) in [5.41, 5.74) is 0. The van der Waals surface area contributed by atoms with Crippen LogP contribution in [0, 0.1) is 12.8 Å². The van der Waals surface area contributed by atoms with Crippen molar-refractivity contribution in [3.8, 4) is 0 Å². The van der Waals surface area contributed by atoms with Crippen molar-refractivity contribution < 1.29 is 5.11 Å². The van der Waals surface area contributed by atoms with Crippen LogP contribution in [0.1, 0.15) is 22.7 Å². The average molecular weight is 183 g/mol. The van der Waals surface area contributed by atoms with Crippen LogP contribution in [-0.4, -0.2) is 16.2 Å². The van der Waals surface area contributed by atoms with Crippen molar-refractivity contribution in [2.24, 2.45) is 5.92 Å². The zero-order chi connectivity index (χ0) is 8.55. The lowest BCUT2D eigenvalue weighted by Crippen LogP contribution is -2.32. The Balaban J connectivity index is 1.95. The number of aliphatic hydroxyl groups is 1. The van der Waals surface area contributed by atoms with Gasteiger partial charge in [-0.25, -0.2) is 4.98 Å². The monoisotopic (exact) mass is 183 g/mol. The van der Waals surface area contributed by atoms with E-state index in [9.17, 15) is 5.11 Å². The van der Waals surface area contributed by atoms with Gasteiger partial charge >= 0.3 is 0 Å². The minimum Gasteiger partial charge on any atom is -0.393 e. The molecule has 2 nitrogen and oxygen atoms in total. The van der Waals surface area contributed by atoms with E-state index in [1.54, 1.807) is 11.3 Å². The van der Waals surface area contributed by atoms with E-state index in [-0.39, 0.29) is 6.10 Å². The summed E-state index contributed by atoms with van der Waals surface area (Å²) in [5, 5.41) is 10.5. The normalized spacial score (nSPS) is 28.5. The highest BCUT2D eigenvalue weighted by atomic mass is 32.1. The van der Waals surface area contributed by atoms with E-state index < -0.39 is 0 Å². The first-order valence-electron chi connectivity index (χ1n) is 4.35. The highest BCUT2D eigenvalue weighted by molar-refractivity contribution is 7.11. The van der Waals surface area contributed by atoms with Gasteiger partial charge in [-0.05, 0) is 25.7 Å². The fourth-order valence-corrected chi connectivity index (χ4v) is 2.39. The van der Waals surface area contributed by atoms with Crippen LogP contribution in [0.3, 0.4) is 0 Å². The highest BCUT2D eigenvalue weighted by Crippen LogP contribution is 2.31. The molecule has 0 saturated heterocycles. The van der Waals surface area contributed by atoms with Crippen LogP contribution in [0.15, 0.2) is 6.20 Å². The molecule has 1 heterocycles. The van der Waals surface area contributed by atoms with Gasteiger partial charge in [0, 0.05) is 17.5 Å². The van der Waals surface area contributed by atoms with E-state index in [1.807, 2.05) is 6.20 Å². The number of aliphatic hydroxyl groups excluding tert-OH is 1. The van der Waals surface area contributed by atoms with Crippen molar-refractivity contribution in [1.29, 1.82) is 0 Å². The minimum atomic E-state index is -0.0609. The molecule has 0 spiro atoms. The Morgan fingerprint density at radius 2 is 2.50 bits per heavy atom. The third-order valence-corrected chi connectivity index (χ3v) is 3.42. The maximum absolute atomic E-state index is 9.35. The van der Waals surface area contributed by atoms with Crippen LogP contribution in [-0.2, 0) is 6.42 Å². The second kappa shape index (κ2) is 3.15. The lowest BCUT2D eigenvalue weighted by molar-refractivity contribution is 0.0244. The molecule has 66 valence electrons. The molecule has 0 aromatic carbocycles. The maximum Gasteiger partial charge on any atom is 0.0931 e. The van der Waals surface area contributed by atoms with Crippen molar-refractivity contribution in [3.05, 3.63) is 16.1 Å². The lowest BCUT2D eigenvalue weighted by atomic mass is 9.80. The van der Waals surface area contributed by atoms with Crippen molar-refractivity contribution in [1.82, 2.24) is 4.98 Å². The second-order valence-corrected chi connectivity index (χ2v) is 4.79. The van der Waals surface area contributed by atoms with Crippen LogP contribution < -0.4 is 0 Å². The van der Waals surface area contributed by atoms with Gasteiger partial charge in [-0.15, -0.1) is 11.3 Å². The van der Waals surface area contributed by atoms with Crippen LogP contribution >= 0.6 is 11.3 Å². The molecule has 1 saturated carbocycles. The summed E-state index contributed by atoms with van der Waals surface area (Å²) >= 11 is 1.75. The first kappa shape index (κ1) is 8.20. The molecule has 2 atom stereocenters. The molecule has 1 aliphatic rings. The Morgan fingerprint density at radius 3 is 2.92 bits per heavy atom. The van der Waals surface area contributed by atoms with Crippen molar-refractivity contribution in [2.75, 3.05) is 0 Å². The topological polar surface area (TPSA) is 33.1 Å². The summed E-state index contributed by atoms with van der Waals surface area (Å²) in [6.07, 6.45) is 4.97. The Bertz CT molecular complexity index is 271. The molecule has 1 aromatic heterocycles. The summed E-state index contributed by atoms with van der Waals surface area (Å²) in [7, 11) is 0. The largest absolute Gasteiger partial charge is 0.393 e. The summed E-state index contributed by atoms with van der Waals surface area (Å²) in [6, 6.07) is 0. The summed E-state index contributed by atoms with van der Waals surface area (Å²) in [4.78, 5) is 5.54. The standard InChI is InChI=1S/C9H13NOS/c1-6-5-10-9(12-6)4-7-2-3-8(7)11/h5,7-8,11H,2-4H2,1H3. The molecule has 1 N–H and O–H groups in total. The third kappa shape index (κ3) is 1.52. The first-order chi connectivity index (χ1) is 5.75. The van der Waals surface area contributed by atoms with Gasteiger partial charge in [-0.2, -0.15) is 0 Å². The molecule has 3 heteroatoms. The maximum atomic E-state index is 9.35. The Hall–Kier alpha value is -0.410. The van der Waals surface area contributed by atoms with Gasteiger partial charge < -0.3 is 5.11 Å². The van der Waals surface area contributed by atoms with Crippen LogP contribution in [0.4, 0.5) is 0 Å². The van der Waals surface area contributed by atoms with E-state index >= 15 is 0 Å². The van der Waals surface area contributed by atoms with Crippen molar-refractivity contribution in [3.63, 3.8) is 0 Å². The van der Waals surface area contributed by atoms with Gasteiger partial charge in [0.15, 0.2) is 0 Å². The number of thiazole rings is 1. The number of hydrogen-bond acceptors (Lipinski definition) is 3. The SMILES string of the molecule is Cc1cnc(CC2CCC2O)s1. The van der Waals surface area contributed by atoms with E-state index in [0.717, 1.165) is 12.8 Å². The fourth-order valence-electron chi connectivity index (χ4n) is 1.51. The fraction of sp³-hybridized carbons (Fsp3) is 0.667. The summed E-state index contributed by atoms with van der Waals surface area (Å²) in [5.74, 6) is 0.482. The third-order valence-electron chi connectivity index (χ3n) is 2.48.